The molecule has 0 saturated carbocycles. The fraction of sp³-hybridized carbons (Fsp3) is 0.889. The van der Waals surface area contributed by atoms with Crippen LogP contribution in [0.25, 0.3) is 0 Å². The van der Waals surface area contributed by atoms with Crippen LogP contribution in [0, 0.1) is 0 Å². The third-order valence-corrected chi connectivity index (χ3v) is 1.95. The molecule has 70 valence electrons. The van der Waals surface area contributed by atoms with Crippen molar-refractivity contribution in [2.75, 3.05) is 13.2 Å². The van der Waals surface area contributed by atoms with E-state index in [1.165, 1.54) is 12.8 Å². The van der Waals surface area contributed by atoms with Gasteiger partial charge in [-0.05, 0) is 12.8 Å². The highest BCUT2D eigenvalue weighted by atomic mass is 16.6. The lowest BCUT2D eigenvalue weighted by Gasteiger charge is -2.22. The van der Waals surface area contributed by atoms with Crippen molar-refractivity contribution in [2.24, 2.45) is 0 Å². The Morgan fingerprint density at radius 3 is 3.00 bits per heavy atom. The van der Waals surface area contributed by atoms with Gasteiger partial charge in [-0.2, -0.15) is 0 Å². The minimum absolute atomic E-state index is 0.0119. The van der Waals surface area contributed by atoms with Crippen molar-refractivity contribution in [1.82, 2.24) is 0 Å². The SMILES string of the molecule is CCCCCC1COCC(=O)O1. The summed E-state index contributed by atoms with van der Waals surface area (Å²) in [7, 11) is 0. The molecule has 0 amide bonds. The normalized spacial score (nSPS) is 23.8. The molecule has 1 saturated heterocycles. The van der Waals surface area contributed by atoms with E-state index in [1.807, 2.05) is 0 Å². The first-order valence-electron chi connectivity index (χ1n) is 4.60. The van der Waals surface area contributed by atoms with Crippen molar-refractivity contribution in [3.8, 4) is 0 Å². The van der Waals surface area contributed by atoms with Crippen molar-refractivity contribution in [2.45, 2.75) is 38.7 Å². The van der Waals surface area contributed by atoms with E-state index in [4.69, 9.17) is 9.47 Å². The van der Waals surface area contributed by atoms with Crippen molar-refractivity contribution >= 4 is 5.97 Å². The zero-order chi connectivity index (χ0) is 8.81. The smallest absolute Gasteiger partial charge is 0.332 e. The monoisotopic (exact) mass is 172 g/mol. The van der Waals surface area contributed by atoms with Gasteiger partial charge >= 0.3 is 5.97 Å². The topological polar surface area (TPSA) is 35.5 Å². The molecule has 1 fully saturated rings. The van der Waals surface area contributed by atoms with Gasteiger partial charge in [-0.15, -0.1) is 0 Å². The number of unbranched alkanes of at least 4 members (excludes halogenated alkanes) is 2. The van der Waals surface area contributed by atoms with Crippen LogP contribution in [0.2, 0.25) is 0 Å². The predicted molar refractivity (Wildman–Crippen MR) is 44.8 cm³/mol. The molecule has 1 unspecified atom stereocenters. The first kappa shape index (κ1) is 9.52. The van der Waals surface area contributed by atoms with Crippen LogP contribution in [0.3, 0.4) is 0 Å². The van der Waals surface area contributed by atoms with E-state index in [0.717, 1.165) is 12.8 Å². The van der Waals surface area contributed by atoms with E-state index < -0.39 is 0 Å². The van der Waals surface area contributed by atoms with Gasteiger partial charge in [-0.1, -0.05) is 19.8 Å². The summed E-state index contributed by atoms with van der Waals surface area (Å²) < 4.78 is 10.1. The Kier molecular flexibility index (Phi) is 4.08. The van der Waals surface area contributed by atoms with Crippen LogP contribution in [0.5, 0.6) is 0 Å². The molecular weight excluding hydrogens is 156 g/mol. The fourth-order valence-electron chi connectivity index (χ4n) is 1.29. The highest BCUT2D eigenvalue weighted by Crippen LogP contribution is 2.10. The summed E-state index contributed by atoms with van der Waals surface area (Å²) in [5.74, 6) is -0.220. The largest absolute Gasteiger partial charge is 0.458 e. The van der Waals surface area contributed by atoms with Gasteiger partial charge in [0.25, 0.3) is 0 Å². The summed E-state index contributed by atoms with van der Waals surface area (Å²) >= 11 is 0. The maximum atomic E-state index is 10.8. The van der Waals surface area contributed by atoms with Crippen LogP contribution in [-0.2, 0) is 14.3 Å². The summed E-state index contributed by atoms with van der Waals surface area (Å²) in [6.45, 7) is 2.86. The zero-order valence-electron chi connectivity index (χ0n) is 7.54. The van der Waals surface area contributed by atoms with Crippen LogP contribution in [0.15, 0.2) is 0 Å². The molecule has 0 aromatic carbocycles. The molecule has 0 aromatic rings. The molecular formula is C9H16O3. The second-order valence-corrected chi connectivity index (χ2v) is 3.12. The minimum Gasteiger partial charge on any atom is -0.458 e. The van der Waals surface area contributed by atoms with Crippen LogP contribution in [0.1, 0.15) is 32.6 Å². The fourth-order valence-corrected chi connectivity index (χ4v) is 1.29. The molecule has 1 rings (SSSR count). The van der Waals surface area contributed by atoms with Crippen LogP contribution in [0.4, 0.5) is 0 Å². The summed E-state index contributed by atoms with van der Waals surface area (Å²) in [4.78, 5) is 10.8. The lowest BCUT2D eigenvalue weighted by Crippen LogP contribution is -2.32. The molecule has 1 heterocycles. The Hall–Kier alpha value is -0.570. The second kappa shape index (κ2) is 5.14. The Labute approximate surface area is 73.0 Å². The number of esters is 1. The predicted octanol–water partition coefficient (Wildman–Crippen LogP) is 1.51. The highest BCUT2D eigenvalue weighted by Gasteiger charge is 2.19. The summed E-state index contributed by atoms with van der Waals surface area (Å²) in [6.07, 6.45) is 4.48. The lowest BCUT2D eigenvalue weighted by atomic mass is 10.1. The summed E-state index contributed by atoms with van der Waals surface area (Å²) in [5, 5.41) is 0. The minimum atomic E-state index is -0.220. The van der Waals surface area contributed by atoms with E-state index in [-0.39, 0.29) is 18.7 Å². The third-order valence-electron chi connectivity index (χ3n) is 1.95. The molecule has 0 aromatic heterocycles. The average Bonchev–Trinajstić information content (AvgIpc) is 2.05. The molecule has 0 radical (unpaired) electrons. The van der Waals surface area contributed by atoms with Gasteiger partial charge in [0.15, 0.2) is 0 Å². The van der Waals surface area contributed by atoms with Crippen molar-refractivity contribution < 1.29 is 14.3 Å². The molecule has 1 aliphatic rings. The van der Waals surface area contributed by atoms with Crippen molar-refractivity contribution in [3.63, 3.8) is 0 Å². The van der Waals surface area contributed by atoms with Gasteiger partial charge in [0.2, 0.25) is 0 Å². The van der Waals surface area contributed by atoms with Crippen molar-refractivity contribution in [1.29, 1.82) is 0 Å². The Balaban J connectivity index is 2.10. The molecule has 1 aliphatic heterocycles. The Morgan fingerprint density at radius 2 is 2.33 bits per heavy atom. The quantitative estimate of drug-likeness (QED) is 0.476. The van der Waals surface area contributed by atoms with Crippen LogP contribution >= 0.6 is 0 Å². The van der Waals surface area contributed by atoms with Gasteiger partial charge in [0.1, 0.15) is 12.7 Å². The molecule has 0 bridgehead atoms. The zero-order valence-corrected chi connectivity index (χ0v) is 7.54. The maximum Gasteiger partial charge on any atom is 0.332 e. The van der Waals surface area contributed by atoms with Gasteiger partial charge in [-0.3, -0.25) is 0 Å². The Morgan fingerprint density at radius 1 is 1.50 bits per heavy atom. The second-order valence-electron chi connectivity index (χ2n) is 3.12. The van der Waals surface area contributed by atoms with Crippen molar-refractivity contribution in [3.05, 3.63) is 0 Å². The molecule has 0 spiro atoms. The van der Waals surface area contributed by atoms with Crippen LogP contribution < -0.4 is 0 Å². The number of ether oxygens (including phenoxy) is 2. The number of hydrogen-bond acceptors (Lipinski definition) is 3. The maximum absolute atomic E-state index is 10.8. The van der Waals surface area contributed by atoms with Gasteiger partial charge in [-0.25, -0.2) is 4.79 Å². The van der Waals surface area contributed by atoms with E-state index in [9.17, 15) is 4.79 Å². The molecule has 3 nitrogen and oxygen atoms in total. The number of carbonyl (C=O) groups is 1. The number of cyclic esters (lactones) is 1. The van der Waals surface area contributed by atoms with Gasteiger partial charge in [0.05, 0.1) is 6.61 Å². The van der Waals surface area contributed by atoms with E-state index in [2.05, 4.69) is 6.92 Å². The molecule has 3 heteroatoms. The molecule has 12 heavy (non-hydrogen) atoms. The summed E-state index contributed by atoms with van der Waals surface area (Å²) in [6, 6.07) is 0. The highest BCUT2D eigenvalue weighted by molar-refractivity contribution is 5.71. The standard InChI is InChI=1S/C9H16O3/c1-2-3-4-5-8-6-11-7-9(10)12-8/h8H,2-7H2,1H3. The number of carbonyl (C=O) groups excluding carboxylic acids is 1. The first-order chi connectivity index (χ1) is 5.83. The molecule has 1 atom stereocenters. The number of rotatable bonds is 4. The van der Waals surface area contributed by atoms with E-state index in [0.29, 0.717) is 6.61 Å². The third kappa shape index (κ3) is 3.22. The number of hydrogen-bond donors (Lipinski definition) is 0. The lowest BCUT2D eigenvalue weighted by molar-refractivity contribution is -0.170. The molecule has 0 aliphatic carbocycles. The van der Waals surface area contributed by atoms with Crippen LogP contribution in [-0.4, -0.2) is 25.3 Å². The molecule has 0 N–H and O–H groups in total. The summed E-state index contributed by atoms with van der Waals surface area (Å²) in [5.41, 5.74) is 0. The average molecular weight is 172 g/mol. The van der Waals surface area contributed by atoms with Gasteiger partial charge in [0, 0.05) is 0 Å². The van der Waals surface area contributed by atoms with Gasteiger partial charge < -0.3 is 9.47 Å². The van der Waals surface area contributed by atoms with E-state index in [1.54, 1.807) is 0 Å². The van der Waals surface area contributed by atoms with E-state index >= 15 is 0 Å². The first-order valence-corrected chi connectivity index (χ1v) is 4.60. The Bertz CT molecular complexity index is 145.